The summed E-state index contributed by atoms with van der Waals surface area (Å²) in [7, 11) is -0.685. The van der Waals surface area contributed by atoms with Gasteiger partial charge in [0, 0.05) is 44.7 Å². The van der Waals surface area contributed by atoms with Crippen LogP contribution < -0.4 is 5.32 Å². The Balaban J connectivity index is 2.15. The number of amides is 2. The van der Waals surface area contributed by atoms with Gasteiger partial charge in [0.15, 0.2) is 0 Å². The van der Waals surface area contributed by atoms with Crippen molar-refractivity contribution < 1.29 is 18.0 Å². The molecule has 1 aliphatic rings. The van der Waals surface area contributed by atoms with Gasteiger partial charge in [0.1, 0.15) is 0 Å². The summed E-state index contributed by atoms with van der Waals surface area (Å²) in [6, 6.07) is 6.01. The van der Waals surface area contributed by atoms with Crippen molar-refractivity contribution in [1.82, 2.24) is 14.5 Å². The quantitative estimate of drug-likeness (QED) is 0.833. The fraction of sp³-hybridized carbons (Fsp3) is 0.556. The van der Waals surface area contributed by atoms with E-state index >= 15 is 0 Å². The molecular formula is C18H27N3O4S. The molecule has 0 aliphatic carbocycles. The molecular weight excluding hydrogens is 354 g/mol. The minimum Gasteiger partial charge on any atom is -0.351 e. The summed E-state index contributed by atoms with van der Waals surface area (Å²) in [5, 5.41) is 2.97. The fourth-order valence-corrected chi connectivity index (χ4v) is 3.78. The molecule has 26 heavy (non-hydrogen) atoms. The summed E-state index contributed by atoms with van der Waals surface area (Å²) in [6.07, 6.45) is 1.63. The predicted octanol–water partition coefficient (Wildman–Crippen LogP) is 1.31. The molecule has 1 saturated heterocycles. The summed E-state index contributed by atoms with van der Waals surface area (Å²) in [5.74, 6) is -0.346. The van der Waals surface area contributed by atoms with Gasteiger partial charge in [-0.25, -0.2) is 12.7 Å². The molecule has 1 aromatic rings. The van der Waals surface area contributed by atoms with Crippen LogP contribution in [0.15, 0.2) is 29.2 Å². The Morgan fingerprint density at radius 3 is 2.58 bits per heavy atom. The lowest BCUT2D eigenvalue weighted by molar-refractivity contribution is -0.125. The Morgan fingerprint density at radius 1 is 1.27 bits per heavy atom. The molecule has 0 radical (unpaired) electrons. The number of likely N-dealkylation sites (tertiary alicyclic amines) is 1. The van der Waals surface area contributed by atoms with E-state index < -0.39 is 10.0 Å². The molecule has 1 N–H and O–H groups in total. The van der Waals surface area contributed by atoms with Crippen LogP contribution >= 0.6 is 0 Å². The molecule has 0 spiro atoms. The number of carbonyl (C=O) groups is 2. The normalized spacial score (nSPS) is 18.2. The summed E-state index contributed by atoms with van der Waals surface area (Å²) >= 11 is 0. The predicted molar refractivity (Wildman–Crippen MR) is 99.2 cm³/mol. The van der Waals surface area contributed by atoms with Gasteiger partial charge in [-0.2, -0.15) is 0 Å². The van der Waals surface area contributed by atoms with E-state index in [2.05, 4.69) is 5.32 Å². The minimum absolute atomic E-state index is 0.0247. The van der Waals surface area contributed by atoms with Gasteiger partial charge in [-0.3, -0.25) is 9.59 Å². The van der Waals surface area contributed by atoms with Crippen molar-refractivity contribution in [2.75, 3.05) is 27.2 Å². The van der Waals surface area contributed by atoms with Crippen LogP contribution in [0, 0.1) is 5.92 Å². The number of benzene rings is 1. The third-order valence-electron chi connectivity index (χ3n) is 4.44. The smallest absolute Gasteiger partial charge is 0.253 e. The first-order valence-corrected chi connectivity index (χ1v) is 10.2. The molecule has 1 aromatic carbocycles. The zero-order valence-corrected chi connectivity index (χ0v) is 16.5. The van der Waals surface area contributed by atoms with Gasteiger partial charge in [0.2, 0.25) is 15.9 Å². The van der Waals surface area contributed by atoms with Crippen LogP contribution in [0.5, 0.6) is 0 Å². The van der Waals surface area contributed by atoms with Gasteiger partial charge in [0.05, 0.1) is 4.90 Å². The number of piperidine rings is 1. The van der Waals surface area contributed by atoms with Crippen molar-refractivity contribution in [2.45, 2.75) is 37.6 Å². The van der Waals surface area contributed by atoms with Crippen LogP contribution in [0.4, 0.5) is 0 Å². The fourth-order valence-electron chi connectivity index (χ4n) is 2.83. The van der Waals surface area contributed by atoms with Crippen molar-refractivity contribution in [3.05, 3.63) is 29.8 Å². The molecule has 0 aromatic heterocycles. The van der Waals surface area contributed by atoms with Gasteiger partial charge in [0.25, 0.3) is 5.91 Å². The molecule has 2 amide bonds. The van der Waals surface area contributed by atoms with Crippen LogP contribution in [0.25, 0.3) is 0 Å². The summed E-state index contributed by atoms with van der Waals surface area (Å²) in [6.45, 7) is 4.69. The van der Waals surface area contributed by atoms with E-state index in [1.165, 1.54) is 26.2 Å². The van der Waals surface area contributed by atoms with Crippen LogP contribution in [0.2, 0.25) is 0 Å². The van der Waals surface area contributed by atoms with Gasteiger partial charge < -0.3 is 10.2 Å². The van der Waals surface area contributed by atoms with E-state index in [1.54, 1.807) is 17.0 Å². The average molecular weight is 381 g/mol. The maximum Gasteiger partial charge on any atom is 0.253 e. The zero-order valence-electron chi connectivity index (χ0n) is 15.7. The molecule has 0 saturated carbocycles. The molecule has 1 aliphatic heterocycles. The lowest BCUT2D eigenvalue weighted by atomic mass is 10.0. The maximum atomic E-state index is 12.8. The molecule has 1 fully saturated rings. The second-order valence-corrected chi connectivity index (χ2v) is 9.22. The van der Waals surface area contributed by atoms with Crippen LogP contribution in [-0.4, -0.2) is 62.7 Å². The molecule has 0 bridgehead atoms. The number of rotatable bonds is 5. The molecule has 8 heteroatoms. The Hall–Kier alpha value is -1.93. The van der Waals surface area contributed by atoms with Crippen molar-refractivity contribution in [1.29, 1.82) is 0 Å². The van der Waals surface area contributed by atoms with E-state index in [0.29, 0.717) is 18.7 Å². The molecule has 1 heterocycles. The Labute approximate surface area is 155 Å². The van der Waals surface area contributed by atoms with E-state index in [1.807, 2.05) is 13.8 Å². The highest BCUT2D eigenvalue weighted by Gasteiger charge is 2.27. The van der Waals surface area contributed by atoms with Crippen molar-refractivity contribution in [3.63, 3.8) is 0 Å². The lowest BCUT2D eigenvalue weighted by Crippen LogP contribution is -2.50. The molecule has 144 valence electrons. The summed E-state index contributed by atoms with van der Waals surface area (Å²) in [5.41, 5.74) is 0.337. The van der Waals surface area contributed by atoms with Gasteiger partial charge in [-0.05, 0) is 31.0 Å². The molecule has 7 nitrogen and oxygen atoms in total. The second kappa shape index (κ2) is 8.18. The van der Waals surface area contributed by atoms with Gasteiger partial charge in [-0.1, -0.05) is 19.9 Å². The lowest BCUT2D eigenvalue weighted by Gasteiger charge is -2.33. The molecule has 1 atom stereocenters. The average Bonchev–Trinajstić information content (AvgIpc) is 2.61. The van der Waals surface area contributed by atoms with Crippen molar-refractivity contribution in [3.8, 4) is 0 Å². The second-order valence-electron chi connectivity index (χ2n) is 7.07. The summed E-state index contributed by atoms with van der Waals surface area (Å²) < 4.78 is 25.7. The largest absolute Gasteiger partial charge is 0.351 e. The third-order valence-corrected chi connectivity index (χ3v) is 6.25. The topological polar surface area (TPSA) is 86.8 Å². The maximum absolute atomic E-state index is 12.8. The highest BCUT2D eigenvalue weighted by atomic mass is 32.2. The number of hydrogen-bond donors (Lipinski definition) is 1. The van der Waals surface area contributed by atoms with Crippen molar-refractivity contribution >= 4 is 21.8 Å². The van der Waals surface area contributed by atoms with Gasteiger partial charge >= 0.3 is 0 Å². The van der Waals surface area contributed by atoms with Gasteiger partial charge in [-0.15, -0.1) is 0 Å². The van der Waals surface area contributed by atoms with Crippen LogP contribution in [0.3, 0.4) is 0 Å². The number of sulfonamides is 1. The first-order chi connectivity index (χ1) is 12.1. The monoisotopic (exact) mass is 381 g/mol. The Bertz CT molecular complexity index is 774. The van der Waals surface area contributed by atoms with E-state index in [0.717, 1.165) is 17.1 Å². The van der Waals surface area contributed by atoms with Crippen LogP contribution in [-0.2, 0) is 14.8 Å². The third kappa shape index (κ3) is 4.62. The number of nitrogens with zero attached hydrogens (tertiary/aromatic N) is 2. The Kier molecular flexibility index (Phi) is 6.41. The first kappa shape index (κ1) is 20.4. The van der Waals surface area contributed by atoms with E-state index in [9.17, 15) is 18.0 Å². The zero-order chi connectivity index (χ0) is 19.5. The molecule has 2 rings (SSSR count). The standard InChI is InChI=1S/C18H27N3O4S/c1-13(2)17(22)19-15-8-6-10-21(12-15)18(23)14-7-5-9-16(11-14)26(24,25)20(3)4/h5,7,9,11,13,15H,6,8,10,12H2,1-4H3,(H,19,22). The van der Waals surface area contributed by atoms with Crippen LogP contribution in [0.1, 0.15) is 37.0 Å². The van der Waals surface area contributed by atoms with E-state index in [-0.39, 0.29) is 28.7 Å². The molecule has 1 unspecified atom stereocenters. The first-order valence-electron chi connectivity index (χ1n) is 8.75. The van der Waals surface area contributed by atoms with Crippen molar-refractivity contribution in [2.24, 2.45) is 5.92 Å². The Morgan fingerprint density at radius 2 is 1.96 bits per heavy atom. The highest BCUT2D eigenvalue weighted by Crippen LogP contribution is 2.18. The minimum atomic E-state index is -3.59. The highest BCUT2D eigenvalue weighted by molar-refractivity contribution is 7.89. The number of carbonyl (C=O) groups excluding carboxylic acids is 2. The number of hydrogen-bond acceptors (Lipinski definition) is 4. The number of nitrogens with one attached hydrogen (secondary N) is 1. The summed E-state index contributed by atoms with van der Waals surface area (Å²) in [4.78, 5) is 26.5. The van der Waals surface area contributed by atoms with E-state index in [4.69, 9.17) is 0 Å². The SMILES string of the molecule is CC(C)C(=O)NC1CCCN(C(=O)c2cccc(S(=O)(=O)N(C)C)c2)C1.